The third kappa shape index (κ3) is 7.27. The van der Waals surface area contributed by atoms with Crippen LogP contribution in [-0.4, -0.2) is 17.7 Å². The average molecular weight is 968 g/mol. The van der Waals surface area contributed by atoms with E-state index in [1.807, 2.05) is 0 Å². The maximum Gasteiger partial charge on any atom is 0.233 e. The Morgan fingerprint density at radius 3 is 1.74 bits per heavy atom. The molecule has 2 aromatic carbocycles. The summed E-state index contributed by atoms with van der Waals surface area (Å²) < 4.78 is 24.5. The predicted octanol–water partition coefficient (Wildman–Crippen LogP) is 11.0. The molecule has 0 saturated heterocycles. The van der Waals surface area contributed by atoms with Crippen LogP contribution in [0.2, 0.25) is 0 Å². The van der Waals surface area contributed by atoms with Gasteiger partial charge in [-0.25, -0.2) is 0 Å². The molecule has 0 aliphatic carbocycles. The van der Waals surface area contributed by atoms with E-state index < -0.39 is 12.6 Å². The summed E-state index contributed by atoms with van der Waals surface area (Å²) >= 11 is 10.0. The Morgan fingerprint density at radius 1 is 0.711 bits per heavy atom. The molecule has 2 unspecified atom stereocenters. The van der Waals surface area contributed by atoms with Crippen molar-refractivity contribution in [3.8, 4) is 11.5 Å². The zero-order valence-corrected chi connectivity index (χ0v) is 31.4. The Labute approximate surface area is 284 Å². The molecule has 7 heteroatoms. The lowest BCUT2D eigenvalue weighted by Crippen LogP contribution is -2.32. The van der Waals surface area contributed by atoms with Crippen LogP contribution in [0.1, 0.15) is 110 Å². The summed E-state index contributed by atoms with van der Waals surface area (Å²) in [7, 11) is 0. The first kappa shape index (κ1) is 31.8. The minimum Gasteiger partial charge on any atom is -0.459 e. The average Bonchev–Trinajstić information content (AvgIpc) is 2.91. The molecule has 2 atom stereocenters. The molecule has 2 heterocycles. The van der Waals surface area contributed by atoms with Gasteiger partial charge in [-0.05, 0) is 129 Å². The number of fused-ring (bicyclic) bond motifs is 6. The van der Waals surface area contributed by atoms with Crippen molar-refractivity contribution < 1.29 is 14.2 Å². The van der Waals surface area contributed by atoms with Crippen molar-refractivity contribution >= 4 is 90.4 Å². The van der Waals surface area contributed by atoms with Gasteiger partial charge in [-0.2, -0.15) is 0 Å². The summed E-state index contributed by atoms with van der Waals surface area (Å²) in [5.74, 6) is 2.47. The topological polar surface area (TPSA) is 27.7 Å². The minimum atomic E-state index is -0.424. The highest BCUT2D eigenvalue weighted by Gasteiger charge is 2.41. The first-order chi connectivity index (χ1) is 18.3. The Morgan fingerprint density at radius 2 is 1.21 bits per heavy atom. The zero-order chi connectivity index (χ0) is 27.3. The first-order valence-corrected chi connectivity index (χ1v) is 20.0. The van der Waals surface area contributed by atoms with Gasteiger partial charge in [0.25, 0.3) is 0 Å². The number of rotatable bonds is 14. The van der Waals surface area contributed by atoms with Crippen LogP contribution >= 0.6 is 90.4 Å². The Balaban J connectivity index is 1.67. The lowest BCUT2D eigenvalue weighted by molar-refractivity contribution is -0.228. The third-order valence-electron chi connectivity index (χ3n) is 8.10. The Kier molecular flexibility index (Phi) is 12.5. The second-order valence-corrected chi connectivity index (χ2v) is 15.3. The van der Waals surface area contributed by atoms with Crippen LogP contribution in [0.3, 0.4) is 0 Å². The lowest BCUT2D eigenvalue weighted by Gasteiger charge is -2.40. The van der Waals surface area contributed by atoms with E-state index in [1.54, 1.807) is 0 Å². The molecule has 38 heavy (non-hydrogen) atoms. The van der Waals surface area contributed by atoms with Gasteiger partial charge in [-0.1, -0.05) is 109 Å². The van der Waals surface area contributed by atoms with E-state index in [2.05, 4.69) is 135 Å². The minimum absolute atomic E-state index is 0.148. The number of halogens is 4. The van der Waals surface area contributed by atoms with Gasteiger partial charge in [0.2, 0.25) is 12.6 Å². The van der Waals surface area contributed by atoms with Crippen LogP contribution in [0.15, 0.2) is 24.3 Å². The van der Waals surface area contributed by atoms with Crippen molar-refractivity contribution in [1.29, 1.82) is 0 Å². The Bertz CT molecular complexity index is 1070. The van der Waals surface area contributed by atoms with Crippen LogP contribution in [-0.2, 0) is 10.2 Å². The third-order valence-corrected chi connectivity index (χ3v) is 11.2. The van der Waals surface area contributed by atoms with E-state index in [9.17, 15) is 0 Å². The summed E-state index contributed by atoms with van der Waals surface area (Å²) in [6.45, 7) is 6.81. The fraction of sp³-hybridized carbons (Fsp3) is 0.613. The van der Waals surface area contributed by atoms with Gasteiger partial charge in [0, 0.05) is 0 Å². The maximum absolute atomic E-state index is 6.63. The monoisotopic (exact) mass is 968 g/mol. The summed E-state index contributed by atoms with van der Waals surface area (Å²) in [5.41, 5.74) is 7.42. The van der Waals surface area contributed by atoms with Gasteiger partial charge in [0.05, 0.1) is 11.1 Å². The number of hydrogen-bond donors (Lipinski definition) is 0. The molecule has 0 saturated carbocycles. The summed E-state index contributed by atoms with van der Waals surface area (Å²) in [4.78, 5) is 0. The highest BCUT2D eigenvalue weighted by atomic mass is 127. The molecule has 0 amide bonds. The largest absolute Gasteiger partial charge is 0.459 e. The molecule has 2 bridgehead atoms. The molecule has 0 aromatic heterocycles. The molecule has 0 spiro atoms. The van der Waals surface area contributed by atoms with Crippen molar-refractivity contribution in [3.63, 3.8) is 0 Å². The molecule has 0 radical (unpaired) electrons. The van der Waals surface area contributed by atoms with Crippen molar-refractivity contribution in [2.45, 2.75) is 96.1 Å². The number of aryl methyl sites for hydroxylation is 2. The quantitative estimate of drug-likeness (QED) is 0.139. The molecule has 2 aliphatic rings. The summed E-state index contributed by atoms with van der Waals surface area (Å²) in [5, 5.41) is 0. The van der Waals surface area contributed by atoms with Crippen LogP contribution in [0.4, 0.5) is 0 Å². The van der Waals surface area contributed by atoms with E-state index in [1.165, 1.54) is 91.3 Å². The molecule has 0 N–H and O–H groups in total. The molecule has 2 aromatic rings. The van der Waals surface area contributed by atoms with Crippen molar-refractivity contribution in [2.75, 3.05) is 17.7 Å². The number of hydrogen-bond acceptors (Lipinski definition) is 3. The SMILES string of the molecule is Cc1cc(C(CCCI)CCCI)cc2c1OC1OC2Oc2c(C)cc(C(C)(CCCI)CCCI)cc21. The fourth-order valence-corrected chi connectivity index (χ4v) is 7.64. The molecule has 4 rings (SSSR count). The Hall–Kier alpha value is 0.920. The van der Waals surface area contributed by atoms with E-state index >= 15 is 0 Å². The van der Waals surface area contributed by atoms with Crippen LogP contribution in [0, 0.1) is 13.8 Å². The van der Waals surface area contributed by atoms with Crippen LogP contribution < -0.4 is 9.47 Å². The first-order valence-electron chi connectivity index (χ1n) is 13.9. The van der Waals surface area contributed by atoms with Gasteiger partial charge in [-0.15, -0.1) is 0 Å². The zero-order valence-electron chi connectivity index (χ0n) is 22.8. The number of benzene rings is 2. The van der Waals surface area contributed by atoms with Gasteiger partial charge in [0.1, 0.15) is 11.5 Å². The van der Waals surface area contributed by atoms with Crippen molar-refractivity contribution in [1.82, 2.24) is 0 Å². The number of ether oxygens (including phenoxy) is 3. The molecule has 210 valence electrons. The standard InChI is InChI=1S/C31H40I4O3/c1-20-16-23(22(8-4-12-32)9-5-13-33)18-25-27(20)36-30-26-19-24(17-21(2)28(26)37-29(25)38-30)31(3,10-6-14-34)11-7-15-35/h16-19,22,29-30H,4-15H2,1-3H3. The smallest absolute Gasteiger partial charge is 0.233 e. The molecule has 0 fully saturated rings. The molecule has 3 nitrogen and oxygen atoms in total. The van der Waals surface area contributed by atoms with Gasteiger partial charge >= 0.3 is 0 Å². The normalized spacial score (nSPS) is 18.1. The van der Waals surface area contributed by atoms with Gasteiger partial charge in [-0.3, -0.25) is 4.74 Å². The van der Waals surface area contributed by atoms with Gasteiger partial charge < -0.3 is 9.47 Å². The summed E-state index contributed by atoms with van der Waals surface area (Å²) in [6, 6.07) is 9.36. The molecular weight excluding hydrogens is 928 g/mol. The predicted molar refractivity (Wildman–Crippen MR) is 193 cm³/mol. The maximum atomic E-state index is 6.63. The lowest BCUT2D eigenvalue weighted by atomic mass is 9.74. The van der Waals surface area contributed by atoms with E-state index in [4.69, 9.17) is 14.2 Å². The molecule has 2 aliphatic heterocycles. The van der Waals surface area contributed by atoms with E-state index in [-0.39, 0.29) is 5.41 Å². The van der Waals surface area contributed by atoms with E-state index in [0.717, 1.165) is 22.6 Å². The van der Waals surface area contributed by atoms with Crippen molar-refractivity contribution in [3.05, 3.63) is 57.6 Å². The second-order valence-electron chi connectivity index (χ2n) is 11.0. The fourth-order valence-electron chi connectivity index (χ4n) is 6.00. The molecular formula is C31H40I4O3. The van der Waals surface area contributed by atoms with Crippen molar-refractivity contribution in [2.24, 2.45) is 0 Å². The van der Waals surface area contributed by atoms with Crippen LogP contribution in [0.25, 0.3) is 0 Å². The highest BCUT2D eigenvalue weighted by Crippen LogP contribution is 2.52. The highest BCUT2D eigenvalue weighted by molar-refractivity contribution is 14.1. The van der Waals surface area contributed by atoms with Gasteiger partial charge in [0.15, 0.2) is 0 Å². The number of alkyl halides is 4. The van der Waals surface area contributed by atoms with Crippen LogP contribution in [0.5, 0.6) is 11.5 Å². The second kappa shape index (κ2) is 14.9. The summed E-state index contributed by atoms with van der Waals surface area (Å²) in [6.07, 6.45) is 8.97. The van der Waals surface area contributed by atoms with E-state index in [0.29, 0.717) is 5.92 Å².